The van der Waals surface area contributed by atoms with E-state index in [9.17, 15) is 4.79 Å². The second-order valence-corrected chi connectivity index (χ2v) is 5.21. The van der Waals surface area contributed by atoms with E-state index in [-0.39, 0.29) is 5.91 Å². The molecule has 0 saturated carbocycles. The number of nitrogens with one attached hydrogen (secondary N) is 1. The average molecular weight is 294 g/mol. The van der Waals surface area contributed by atoms with Crippen molar-refractivity contribution in [1.82, 2.24) is 4.98 Å². The highest BCUT2D eigenvalue weighted by Gasteiger charge is 2.33. The summed E-state index contributed by atoms with van der Waals surface area (Å²) in [5.74, 6) is 0.400. The van der Waals surface area contributed by atoms with Gasteiger partial charge in [0, 0.05) is 12.7 Å². The van der Waals surface area contributed by atoms with Gasteiger partial charge in [-0.2, -0.15) is 0 Å². The molecule has 1 rings (SSSR count). The molecule has 0 saturated heterocycles. The summed E-state index contributed by atoms with van der Waals surface area (Å²) in [7, 11) is 1.57. The zero-order chi connectivity index (χ0) is 15.9. The molecular formula is C16H26N2O3. The van der Waals surface area contributed by atoms with E-state index in [1.54, 1.807) is 19.2 Å². The molecule has 1 aromatic rings. The van der Waals surface area contributed by atoms with Crippen molar-refractivity contribution >= 4 is 11.6 Å². The number of methoxy groups -OCH3 is 1. The fourth-order valence-electron chi connectivity index (χ4n) is 2.12. The summed E-state index contributed by atoms with van der Waals surface area (Å²) in [4.78, 5) is 16.8. The van der Waals surface area contributed by atoms with Crippen LogP contribution in [0.3, 0.4) is 0 Å². The van der Waals surface area contributed by atoms with E-state index >= 15 is 0 Å². The van der Waals surface area contributed by atoms with Crippen molar-refractivity contribution in [3.8, 4) is 5.88 Å². The van der Waals surface area contributed by atoms with Gasteiger partial charge in [0.05, 0.1) is 18.5 Å². The third-order valence-electron chi connectivity index (χ3n) is 3.47. The number of unbranched alkanes of at least 4 members (excludes halogenated alkanes) is 1. The highest BCUT2D eigenvalue weighted by Crippen LogP contribution is 2.23. The van der Waals surface area contributed by atoms with Gasteiger partial charge >= 0.3 is 0 Å². The Balaban J connectivity index is 2.86. The largest absolute Gasteiger partial charge is 0.481 e. The van der Waals surface area contributed by atoms with Gasteiger partial charge in [-0.05, 0) is 33.3 Å². The second-order valence-electron chi connectivity index (χ2n) is 5.21. The van der Waals surface area contributed by atoms with Crippen LogP contribution in [-0.4, -0.2) is 30.2 Å². The number of pyridine rings is 1. The number of rotatable bonds is 8. The van der Waals surface area contributed by atoms with Crippen LogP contribution >= 0.6 is 0 Å². The Morgan fingerprint density at radius 3 is 2.62 bits per heavy atom. The van der Waals surface area contributed by atoms with Crippen molar-refractivity contribution in [3.05, 3.63) is 17.8 Å². The smallest absolute Gasteiger partial charge is 0.256 e. The number of carbonyl (C=O) groups is 1. The van der Waals surface area contributed by atoms with Crippen LogP contribution in [0.2, 0.25) is 0 Å². The maximum absolute atomic E-state index is 12.5. The Hall–Kier alpha value is -1.62. The van der Waals surface area contributed by atoms with E-state index in [0.717, 1.165) is 18.5 Å². The van der Waals surface area contributed by atoms with Gasteiger partial charge in [-0.1, -0.05) is 19.8 Å². The topological polar surface area (TPSA) is 60.5 Å². The Morgan fingerprint density at radius 1 is 1.38 bits per heavy atom. The maximum Gasteiger partial charge on any atom is 0.256 e. The number of aromatic nitrogens is 1. The summed E-state index contributed by atoms with van der Waals surface area (Å²) >= 11 is 0. The molecule has 0 aliphatic carbocycles. The Morgan fingerprint density at radius 2 is 2.10 bits per heavy atom. The molecule has 0 aliphatic heterocycles. The summed E-state index contributed by atoms with van der Waals surface area (Å²) in [5, 5.41) is 2.91. The van der Waals surface area contributed by atoms with Crippen LogP contribution in [0.25, 0.3) is 0 Å². The van der Waals surface area contributed by atoms with Gasteiger partial charge in [-0.3, -0.25) is 4.79 Å². The fraction of sp³-hybridized carbons (Fsp3) is 0.625. The number of anilines is 1. The van der Waals surface area contributed by atoms with Crippen molar-refractivity contribution < 1.29 is 14.3 Å². The van der Waals surface area contributed by atoms with Crippen molar-refractivity contribution in [3.63, 3.8) is 0 Å². The van der Waals surface area contributed by atoms with Crippen LogP contribution in [-0.2, 0) is 9.53 Å². The maximum atomic E-state index is 12.5. The predicted molar refractivity (Wildman–Crippen MR) is 83.7 cm³/mol. The van der Waals surface area contributed by atoms with Gasteiger partial charge in [-0.15, -0.1) is 0 Å². The second kappa shape index (κ2) is 7.98. The highest BCUT2D eigenvalue weighted by atomic mass is 16.5. The lowest BCUT2D eigenvalue weighted by molar-refractivity contribution is -0.139. The van der Waals surface area contributed by atoms with Crippen molar-refractivity contribution in [2.24, 2.45) is 0 Å². The molecule has 21 heavy (non-hydrogen) atoms. The minimum atomic E-state index is -0.808. The number of ether oxygens (including phenoxy) is 2. The highest BCUT2D eigenvalue weighted by molar-refractivity contribution is 5.97. The Labute approximate surface area is 127 Å². The standard InChI is InChI=1S/C16H26N2O3/c1-6-8-11-16(4,21-7-2)15(19)18-13-9-10-14(20-5)17-12(13)3/h9-10H,6-8,11H2,1-5H3,(H,18,19). The monoisotopic (exact) mass is 294 g/mol. The Kier molecular flexibility index (Phi) is 6.62. The number of aryl methyl sites for hydroxylation is 1. The molecule has 0 bridgehead atoms. The molecule has 0 spiro atoms. The zero-order valence-electron chi connectivity index (χ0n) is 13.7. The molecular weight excluding hydrogens is 268 g/mol. The number of amides is 1. The molecule has 0 aromatic carbocycles. The average Bonchev–Trinajstić information content (AvgIpc) is 2.47. The summed E-state index contributed by atoms with van der Waals surface area (Å²) < 4.78 is 10.8. The quantitative estimate of drug-likeness (QED) is 0.799. The molecule has 1 N–H and O–H groups in total. The van der Waals surface area contributed by atoms with Gasteiger partial charge in [0.2, 0.25) is 5.88 Å². The molecule has 1 amide bonds. The fourth-order valence-corrected chi connectivity index (χ4v) is 2.12. The molecule has 118 valence electrons. The summed E-state index contributed by atoms with van der Waals surface area (Å²) in [6.07, 6.45) is 2.68. The van der Waals surface area contributed by atoms with Crippen LogP contribution < -0.4 is 10.1 Å². The first-order valence-electron chi connectivity index (χ1n) is 7.43. The Bertz CT molecular complexity index is 477. The van der Waals surface area contributed by atoms with Crippen LogP contribution in [0.1, 0.15) is 45.7 Å². The van der Waals surface area contributed by atoms with Crippen LogP contribution in [0.4, 0.5) is 5.69 Å². The lowest BCUT2D eigenvalue weighted by atomic mass is 9.97. The van der Waals surface area contributed by atoms with E-state index in [1.165, 1.54) is 0 Å². The predicted octanol–water partition coefficient (Wildman–Crippen LogP) is 3.32. The van der Waals surface area contributed by atoms with E-state index < -0.39 is 5.60 Å². The zero-order valence-corrected chi connectivity index (χ0v) is 13.7. The van der Waals surface area contributed by atoms with E-state index in [1.807, 2.05) is 20.8 Å². The lowest BCUT2D eigenvalue weighted by Crippen LogP contribution is -2.43. The van der Waals surface area contributed by atoms with Gasteiger partial charge in [-0.25, -0.2) is 4.98 Å². The van der Waals surface area contributed by atoms with Gasteiger partial charge in [0.15, 0.2) is 0 Å². The minimum absolute atomic E-state index is 0.132. The lowest BCUT2D eigenvalue weighted by Gasteiger charge is -2.28. The summed E-state index contributed by atoms with van der Waals surface area (Å²) in [6, 6.07) is 3.53. The van der Waals surface area contributed by atoms with Crippen molar-refractivity contribution in [2.45, 2.75) is 52.6 Å². The molecule has 1 heterocycles. The minimum Gasteiger partial charge on any atom is -0.481 e. The first-order valence-corrected chi connectivity index (χ1v) is 7.43. The molecule has 0 fully saturated rings. The van der Waals surface area contributed by atoms with Crippen LogP contribution in [0.5, 0.6) is 5.88 Å². The number of hydrogen-bond acceptors (Lipinski definition) is 4. The van der Waals surface area contributed by atoms with Crippen LogP contribution in [0, 0.1) is 6.92 Å². The first kappa shape index (κ1) is 17.4. The number of carbonyl (C=O) groups excluding carboxylic acids is 1. The molecule has 1 aromatic heterocycles. The molecule has 1 atom stereocenters. The summed E-state index contributed by atoms with van der Waals surface area (Å²) in [5.41, 5.74) is 0.595. The molecule has 5 nitrogen and oxygen atoms in total. The van der Waals surface area contributed by atoms with Crippen LogP contribution in [0.15, 0.2) is 12.1 Å². The van der Waals surface area contributed by atoms with Gasteiger partial charge < -0.3 is 14.8 Å². The third-order valence-corrected chi connectivity index (χ3v) is 3.47. The van der Waals surface area contributed by atoms with Gasteiger partial charge in [0.25, 0.3) is 5.91 Å². The number of nitrogens with zero attached hydrogens (tertiary/aromatic N) is 1. The molecule has 0 radical (unpaired) electrons. The molecule has 5 heteroatoms. The van der Waals surface area contributed by atoms with E-state index in [0.29, 0.717) is 24.6 Å². The van der Waals surface area contributed by atoms with Crippen molar-refractivity contribution in [1.29, 1.82) is 0 Å². The van der Waals surface area contributed by atoms with E-state index in [2.05, 4.69) is 17.2 Å². The normalized spacial score (nSPS) is 13.6. The summed E-state index contributed by atoms with van der Waals surface area (Å²) in [6.45, 7) is 8.18. The third kappa shape index (κ3) is 4.70. The van der Waals surface area contributed by atoms with Gasteiger partial charge in [0.1, 0.15) is 5.60 Å². The SMILES string of the molecule is CCCCC(C)(OCC)C(=O)Nc1ccc(OC)nc1C. The number of hydrogen-bond donors (Lipinski definition) is 1. The first-order chi connectivity index (χ1) is 9.96. The molecule has 0 aliphatic rings. The van der Waals surface area contributed by atoms with Crippen molar-refractivity contribution in [2.75, 3.05) is 19.0 Å². The van der Waals surface area contributed by atoms with E-state index in [4.69, 9.17) is 9.47 Å². The molecule has 1 unspecified atom stereocenters.